The summed E-state index contributed by atoms with van der Waals surface area (Å²) in [7, 11) is 0. The van der Waals surface area contributed by atoms with E-state index in [0.717, 1.165) is 50.0 Å². The second-order valence-electron chi connectivity index (χ2n) is 9.74. The molecule has 0 radical (unpaired) electrons. The van der Waals surface area contributed by atoms with Crippen molar-refractivity contribution in [3.8, 4) is 17.2 Å². The summed E-state index contributed by atoms with van der Waals surface area (Å²) in [5, 5.41) is 13.8. The van der Waals surface area contributed by atoms with Crippen LogP contribution >= 0.6 is 0 Å². The number of carbonyl (C=O) groups excluding carboxylic acids is 1. The number of carbonyl (C=O) groups is 1. The maximum Gasteiger partial charge on any atom is 0.230 e. The van der Waals surface area contributed by atoms with Gasteiger partial charge in [-0.3, -0.25) is 9.78 Å². The Morgan fingerprint density at radius 1 is 0.974 bits per heavy atom. The van der Waals surface area contributed by atoms with Crippen molar-refractivity contribution in [1.29, 1.82) is 5.26 Å². The Kier molecular flexibility index (Phi) is 6.40. The molecule has 6 rings (SSSR count). The van der Waals surface area contributed by atoms with Crippen LogP contribution in [0.1, 0.15) is 23.1 Å². The summed E-state index contributed by atoms with van der Waals surface area (Å²) >= 11 is 0. The highest BCUT2D eigenvalue weighted by atomic mass is 16.2. The number of nitrogens with zero attached hydrogens (tertiary/aromatic N) is 4. The molecule has 0 aliphatic heterocycles. The summed E-state index contributed by atoms with van der Waals surface area (Å²) in [5.74, 6) is -0.184. The number of nitrogens with one attached hydrogen (secondary N) is 1. The van der Waals surface area contributed by atoms with Gasteiger partial charge in [-0.25, -0.2) is 9.98 Å². The van der Waals surface area contributed by atoms with E-state index in [1.165, 1.54) is 0 Å². The standard InChI is InChI=1S/C33H25N5O/c1-21-12-13-35-19-28(21)24-14-25-17-31(38-33(39)27-15-26(27)18-34)36-20-29(25)30(16-24)37-32(22-8-4-2-5-9-22)23-10-6-3-7-11-23/h2-14,16-17,19-20,26-27H,15H2,1H3,(H,36,38,39)/t26-,27+/m1/s1. The fraction of sp³-hybridized carbons (Fsp3) is 0.121. The van der Waals surface area contributed by atoms with E-state index < -0.39 is 0 Å². The Morgan fingerprint density at radius 3 is 2.33 bits per heavy atom. The number of hydrogen-bond donors (Lipinski definition) is 1. The van der Waals surface area contributed by atoms with E-state index in [2.05, 4.69) is 64.7 Å². The molecule has 1 fully saturated rings. The largest absolute Gasteiger partial charge is 0.310 e. The Labute approximate surface area is 226 Å². The molecule has 2 aromatic heterocycles. The van der Waals surface area contributed by atoms with Crippen LogP contribution in [0.2, 0.25) is 0 Å². The van der Waals surface area contributed by atoms with E-state index >= 15 is 0 Å². The monoisotopic (exact) mass is 507 g/mol. The van der Waals surface area contributed by atoms with Gasteiger partial charge in [0.05, 0.1) is 29.3 Å². The summed E-state index contributed by atoms with van der Waals surface area (Å²) in [6.45, 7) is 2.06. The van der Waals surface area contributed by atoms with Gasteiger partial charge in [0.1, 0.15) is 5.82 Å². The Hall–Kier alpha value is -5.15. The number of rotatable bonds is 6. The predicted molar refractivity (Wildman–Crippen MR) is 154 cm³/mol. The van der Waals surface area contributed by atoms with E-state index in [9.17, 15) is 4.79 Å². The maximum absolute atomic E-state index is 12.6. The predicted octanol–water partition coefficient (Wildman–Crippen LogP) is 6.87. The number of amides is 1. The van der Waals surface area contributed by atoms with Crippen LogP contribution in [0.15, 0.2) is 109 Å². The van der Waals surface area contributed by atoms with Crippen LogP contribution in [0, 0.1) is 30.1 Å². The number of aliphatic imine (C=N–C) groups is 1. The molecule has 2 heterocycles. The molecule has 5 aromatic rings. The molecular formula is C33H25N5O. The summed E-state index contributed by atoms with van der Waals surface area (Å²) in [4.78, 5) is 26.7. The van der Waals surface area contributed by atoms with Gasteiger partial charge in [0.2, 0.25) is 5.91 Å². The molecule has 1 saturated carbocycles. The van der Waals surface area contributed by atoms with Crippen LogP contribution in [-0.2, 0) is 4.79 Å². The van der Waals surface area contributed by atoms with Crippen LogP contribution in [0.4, 0.5) is 11.5 Å². The average molecular weight is 508 g/mol. The lowest BCUT2D eigenvalue weighted by Crippen LogP contribution is -2.15. The van der Waals surface area contributed by atoms with Crippen molar-refractivity contribution < 1.29 is 4.79 Å². The second-order valence-corrected chi connectivity index (χ2v) is 9.74. The molecule has 0 bridgehead atoms. The third kappa shape index (κ3) is 5.03. The minimum Gasteiger partial charge on any atom is -0.310 e. The molecule has 1 aliphatic carbocycles. The van der Waals surface area contributed by atoms with Gasteiger partial charge >= 0.3 is 0 Å². The third-order valence-corrected chi connectivity index (χ3v) is 7.04. The first-order chi connectivity index (χ1) is 19.1. The molecule has 3 aromatic carbocycles. The minimum atomic E-state index is -0.267. The summed E-state index contributed by atoms with van der Waals surface area (Å²) < 4.78 is 0. The van der Waals surface area contributed by atoms with Crippen LogP contribution < -0.4 is 5.32 Å². The Balaban J connectivity index is 1.52. The number of fused-ring (bicyclic) bond motifs is 1. The van der Waals surface area contributed by atoms with Crippen LogP contribution in [0.5, 0.6) is 0 Å². The smallest absolute Gasteiger partial charge is 0.230 e. The molecule has 1 N–H and O–H groups in total. The number of pyridine rings is 2. The number of hydrogen-bond acceptors (Lipinski definition) is 5. The van der Waals surface area contributed by atoms with Crippen molar-refractivity contribution in [3.05, 3.63) is 120 Å². The third-order valence-electron chi connectivity index (χ3n) is 7.04. The van der Waals surface area contributed by atoms with Gasteiger partial charge < -0.3 is 5.32 Å². The highest BCUT2D eigenvalue weighted by Crippen LogP contribution is 2.39. The first kappa shape index (κ1) is 24.2. The van der Waals surface area contributed by atoms with E-state index in [0.29, 0.717) is 12.2 Å². The van der Waals surface area contributed by atoms with Crippen molar-refractivity contribution >= 4 is 33.9 Å². The average Bonchev–Trinajstić information content (AvgIpc) is 3.77. The number of benzene rings is 3. The summed E-state index contributed by atoms with van der Waals surface area (Å²) in [6, 6.07) is 30.4. The quantitative estimate of drug-likeness (QED) is 0.254. The maximum atomic E-state index is 12.6. The topological polar surface area (TPSA) is 91.0 Å². The van der Waals surface area contributed by atoms with Gasteiger partial charge in [0.15, 0.2) is 0 Å². The van der Waals surface area contributed by atoms with Crippen LogP contribution in [-0.4, -0.2) is 21.6 Å². The molecule has 1 amide bonds. The zero-order valence-corrected chi connectivity index (χ0v) is 21.4. The number of nitriles is 1. The van der Waals surface area contributed by atoms with Crippen molar-refractivity contribution in [2.45, 2.75) is 13.3 Å². The second kappa shape index (κ2) is 10.3. The molecule has 39 heavy (non-hydrogen) atoms. The fourth-order valence-corrected chi connectivity index (χ4v) is 4.78. The first-order valence-electron chi connectivity index (χ1n) is 12.9. The van der Waals surface area contributed by atoms with Crippen LogP contribution in [0.25, 0.3) is 21.9 Å². The van der Waals surface area contributed by atoms with Gasteiger partial charge in [-0.1, -0.05) is 60.7 Å². The highest BCUT2D eigenvalue weighted by molar-refractivity contribution is 6.15. The number of aromatic nitrogens is 2. The van der Waals surface area contributed by atoms with Gasteiger partial charge in [-0.2, -0.15) is 5.26 Å². The fourth-order valence-electron chi connectivity index (χ4n) is 4.78. The van der Waals surface area contributed by atoms with Gasteiger partial charge in [0.25, 0.3) is 0 Å². The van der Waals surface area contributed by atoms with Gasteiger partial charge in [0, 0.05) is 40.7 Å². The molecule has 1 aliphatic rings. The molecule has 2 atom stereocenters. The molecule has 0 saturated heterocycles. The summed E-state index contributed by atoms with van der Waals surface area (Å²) in [5.41, 5.74) is 6.72. The number of aryl methyl sites for hydroxylation is 1. The van der Waals surface area contributed by atoms with Crippen molar-refractivity contribution in [1.82, 2.24) is 9.97 Å². The molecule has 0 spiro atoms. The van der Waals surface area contributed by atoms with Crippen molar-refractivity contribution in [2.75, 3.05) is 5.32 Å². The Morgan fingerprint density at radius 2 is 1.69 bits per heavy atom. The van der Waals surface area contributed by atoms with Gasteiger partial charge in [-0.15, -0.1) is 0 Å². The van der Waals surface area contributed by atoms with E-state index in [1.54, 1.807) is 12.4 Å². The summed E-state index contributed by atoms with van der Waals surface area (Å²) in [6.07, 6.45) is 6.00. The van der Waals surface area contributed by atoms with Crippen molar-refractivity contribution in [2.24, 2.45) is 16.8 Å². The lowest BCUT2D eigenvalue weighted by Gasteiger charge is -2.13. The minimum absolute atomic E-state index is 0.165. The van der Waals surface area contributed by atoms with E-state index in [4.69, 9.17) is 10.3 Å². The number of anilines is 1. The molecular weight excluding hydrogens is 482 g/mol. The zero-order chi connectivity index (χ0) is 26.8. The van der Waals surface area contributed by atoms with E-state index in [1.807, 2.05) is 54.7 Å². The van der Waals surface area contributed by atoms with Crippen molar-refractivity contribution in [3.63, 3.8) is 0 Å². The SMILES string of the molecule is Cc1ccncc1-c1cc(N=C(c2ccccc2)c2ccccc2)c2cnc(NC(=O)[C@H]3C[C@@H]3C#N)cc2c1. The highest BCUT2D eigenvalue weighted by Gasteiger charge is 2.43. The lowest BCUT2D eigenvalue weighted by atomic mass is 9.98. The van der Waals surface area contributed by atoms with Crippen LogP contribution in [0.3, 0.4) is 0 Å². The molecule has 188 valence electrons. The molecule has 6 heteroatoms. The molecule has 6 nitrogen and oxygen atoms in total. The van der Waals surface area contributed by atoms with Gasteiger partial charge in [-0.05, 0) is 54.1 Å². The lowest BCUT2D eigenvalue weighted by molar-refractivity contribution is -0.117. The normalized spacial score (nSPS) is 15.8. The molecule has 0 unspecified atom stereocenters. The first-order valence-corrected chi connectivity index (χ1v) is 12.9. The Bertz CT molecular complexity index is 1720. The van der Waals surface area contributed by atoms with E-state index in [-0.39, 0.29) is 17.7 Å². The zero-order valence-electron chi connectivity index (χ0n) is 21.4.